The molecule has 2 rings (SSSR count). The summed E-state index contributed by atoms with van der Waals surface area (Å²) in [4.78, 5) is 28.9. The van der Waals surface area contributed by atoms with Crippen molar-refractivity contribution < 1.29 is 18.7 Å². The fourth-order valence-electron chi connectivity index (χ4n) is 2.08. The first kappa shape index (κ1) is 19.1. The number of furan rings is 1. The van der Waals surface area contributed by atoms with E-state index in [1.807, 2.05) is 6.92 Å². The number of esters is 1. The van der Waals surface area contributed by atoms with Crippen molar-refractivity contribution in [3.8, 4) is 0 Å². The van der Waals surface area contributed by atoms with E-state index in [9.17, 15) is 9.59 Å². The van der Waals surface area contributed by atoms with Crippen molar-refractivity contribution in [2.75, 3.05) is 0 Å². The summed E-state index contributed by atoms with van der Waals surface area (Å²) >= 11 is 1.26. The Morgan fingerprint density at radius 3 is 2.76 bits per heavy atom. The maximum Gasteiger partial charge on any atom is 0.341 e. The first-order chi connectivity index (χ1) is 12.0. The lowest BCUT2D eigenvalue weighted by Gasteiger charge is -2.16. The molecule has 6 nitrogen and oxygen atoms in total. The summed E-state index contributed by atoms with van der Waals surface area (Å²) in [6.45, 7) is 5.82. The summed E-state index contributed by atoms with van der Waals surface area (Å²) in [5.41, 5.74) is 0.374. The third kappa shape index (κ3) is 5.63. The lowest BCUT2D eigenvalue weighted by atomic mass is 10.3. The van der Waals surface area contributed by atoms with Crippen molar-refractivity contribution in [1.82, 2.24) is 10.3 Å². The maximum absolute atomic E-state index is 12.4. The van der Waals surface area contributed by atoms with E-state index in [0.717, 1.165) is 0 Å². The minimum atomic E-state index is -0.434. The minimum absolute atomic E-state index is 0.127. The molecule has 134 valence electrons. The molecule has 2 aromatic heterocycles. The number of pyridine rings is 1. The SMILES string of the molecule is CC[C@@H](Sc1ncccc1C(=O)OC(C)C)C(=O)NCc1ccco1. The number of nitrogens with one attached hydrogen (secondary N) is 1. The monoisotopic (exact) mass is 362 g/mol. The molecule has 0 aromatic carbocycles. The molecule has 0 aliphatic rings. The minimum Gasteiger partial charge on any atom is -0.467 e. The van der Waals surface area contributed by atoms with E-state index < -0.39 is 5.97 Å². The third-order valence-electron chi connectivity index (χ3n) is 3.27. The van der Waals surface area contributed by atoms with Crippen LogP contribution in [0.3, 0.4) is 0 Å². The Morgan fingerprint density at radius 1 is 1.32 bits per heavy atom. The molecule has 0 spiro atoms. The lowest BCUT2D eigenvalue weighted by Crippen LogP contribution is -2.32. The number of ether oxygens (including phenoxy) is 1. The van der Waals surface area contributed by atoms with Gasteiger partial charge in [-0.1, -0.05) is 18.7 Å². The Kier molecular flexibility index (Phi) is 7.06. The van der Waals surface area contributed by atoms with Crippen molar-refractivity contribution >= 4 is 23.6 Å². The highest BCUT2D eigenvalue weighted by atomic mass is 32.2. The fourth-order valence-corrected chi connectivity index (χ4v) is 3.10. The first-order valence-electron chi connectivity index (χ1n) is 8.14. The van der Waals surface area contributed by atoms with E-state index in [1.54, 1.807) is 50.6 Å². The number of rotatable bonds is 8. The molecule has 2 heterocycles. The van der Waals surface area contributed by atoms with Crippen LogP contribution in [0.1, 0.15) is 43.3 Å². The van der Waals surface area contributed by atoms with E-state index >= 15 is 0 Å². The number of carbonyl (C=O) groups is 2. The molecule has 0 aliphatic heterocycles. The number of carbonyl (C=O) groups excluding carboxylic acids is 2. The number of nitrogens with zero attached hydrogens (tertiary/aromatic N) is 1. The smallest absolute Gasteiger partial charge is 0.341 e. The van der Waals surface area contributed by atoms with Crippen molar-refractivity contribution in [3.05, 3.63) is 48.0 Å². The highest BCUT2D eigenvalue weighted by molar-refractivity contribution is 8.00. The van der Waals surface area contributed by atoms with Gasteiger partial charge in [-0.2, -0.15) is 0 Å². The second kappa shape index (κ2) is 9.27. The zero-order chi connectivity index (χ0) is 18.2. The van der Waals surface area contributed by atoms with Crippen LogP contribution >= 0.6 is 11.8 Å². The van der Waals surface area contributed by atoms with Gasteiger partial charge in [-0.15, -0.1) is 0 Å². The summed E-state index contributed by atoms with van der Waals surface area (Å²) in [6, 6.07) is 6.91. The molecule has 25 heavy (non-hydrogen) atoms. The van der Waals surface area contributed by atoms with Crippen LogP contribution in [0.5, 0.6) is 0 Å². The molecule has 0 unspecified atom stereocenters. The number of thioether (sulfide) groups is 1. The standard InChI is InChI=1S/C18H22N2O4S/c1-4-15(16(21)20-11-13-7-6-10-23-13)25-17-14(8-5-9-19-17)18(22)24-12(2)3/h5-10,12,15H,4,11H2,1-3H3,(H,20,21)/t15-/m1/s1. The normalized spacial score (nSPS) is 12.0. The molecule has 0 aliphatic carbocycles. The van der Waals surface area contributed by atoms with Gasteiger partial charge in [0.1, 0.15) is 10.8 Å². The molecule has 0 bridgehead atoms. The highest BCUT2D eigenvalue weighted by Crippen LogP contribution is 2.27. The molecule has 0 saturated heterocycles. The molecule has 2 aromatic rings. The molecule has 7 heteroatoms. The predicted molar refractivity (Wildman–Crippen MR) is 95.3 cm³/mol. The highest BCUT2D eigenvalue weighted by Gasteiger charge is 2.23. The first-order valence-corrected chi connectivity index (χ1v) is 9.02. The van der Waals surface area contributed by atoms with E-state index in [-0.39, 0.29) is 17.3 Å². The molecule has 0 saturated carbocycles. The molecule has 1 atom stereocenters. The van der Waals surface area contributed by atoms with Crippen LogP contribution in [-0.2, 0) is 16.1 Å². The number of hydrogen-bond donors (Lipinski definition) is 1. The van der Waals surface area contributed by atoms with Crippen molar-refractivity contribution in [1.29, 1.82) is 0 Å². The Morgan fingerprint density at radius 2 is 2.12 bits per heavy atom. The van der Waals surface area contributed by atoms with E-state index in [0.29, 0.717) is 29.3 Å². The third-order valence-corrected chi connectivity index (χ3v) is 4.65. The average molecular weight is 362 g/mol. The zero-order valence-electron chi connectivity index (χ0n) is 14.5. The number of hydrogen-bond acceptors (Lipinski definition) is 6. The van der Waals surface area contributed by atoms with E-state index in [2.05, 4.69) is 10.3 Å². The van der Waals surface area contributed by atoms with Gasteiger partial charge in [-0.05, 0) is 44.5 Å². The second-order valence-electron chi connectivity index (χ2n) is 5.62. The molecule has 1 N–H and O–H groups in total. The largest absolute Gasteiger partial charge is 0.467 e. The van der Waals surface area contributed by atoms with E-state index in [4.69, 9.17) is 9.15 Å². The molecular formula is C18H22N2O4S. The van der Waals surface area contributed by atoms with Gasteiger partial charge in [0.2, 0.25) is 5.91 Å². The summed E-state index contributed by atoms with van der Waals surface area (Å²) < 4.78 is 10.5. The summed E-state index contributed by atoms with van der Waals surface area (Å²) in [5, 5.41) is 2.97. The molecule has 0 radical (unpaired) electrons. The lowest BCUT2D eigenvalue weighted by molar-refractivity contribution is -0.120. The van der Waals surface area contributed by atoms with Crippen molar-refractivity contribution in [3.63, 3.8) is 0 Å². The van der Waals surface area contributed by atoms with Crippen LogP contribution in [0.25, 0.3) is 0 Å². The van der Waals surface area contributed by atoms with Crippen LogP contribution in [0, 0.1) is 0 Å². The summed E-state index contributed by atoms with van der Waals surface area (Å²) in [5.74, 6) is 0.126. The van der Waals surface area contributed by atoms with Gasteiger partial charge in [0.05, 0.1) is 29.7 Å². The molecular weight excluding hydrogens is 340 g/mol. The van der Waals surface area contributed by atoms with Crippen LogP contribution in [-0.4, -0.2) is 28.2 Å². The van der Waals surface area contributed by atoms with Gasteiger partial charge >= 0.3 is 5.97 Å². The second-order valence-corrected chi connectivity index (χ2v) is 6.81. The fraction of sp³-hybridized carbons (Fsp3) is 0.389. The summed E-state index contributed by atoms with van der Waals surface area (Å²) in [6.07, 6.45) is 3.55. The summed E-state index contributed by atoms with van der Waals surface area (Å²) in [7, 11) is 0. The molecule has 1 amide bonds. The van der Waals surface area contributed by atoms with Crippen LogP contribution < -0.4 is 5.32 Å². The number of amides is 1. The predicted octanol–water partition coefficient (Wildman–Crippen LogP) is 3.43. The molecule has 0 fully saturated rings. The van der Waals surface area contributed by atoms with E-state index in [1.165, 1.54) is 11.8 Å². The van der Waals surface area contributed by atoms with Crippen LogP contribution in [0.15, 0.2) is 46.2 Å². The maximum atomic E-state index is 12.4. The van der Waals surface area contributed by atoms with Crippen LogP contribution in [0.4, 0.5) is 0 Å². The Labute approximate surface area is 151 Å². The Hall–Kier alpha value is -2.28. The van der Waals surface area contributed by atoms with Gasteiger partial charge in [-0.25, -0.2) is 9.78 Å². The Balaban J connectivity index is 2.05. The number of aromatic nitrogens is 1. The van der Waals surface area contributed by atoms with Crippen molar-refractivity contribution in [2.24, 2.45) is 0 Å². The van der Waals surface area contributed by atoms with Gasteiger partial charge < -0.3 is 14.5 Å². The zero-order valence-corrected chi connectivity index (χ0v) is 15.3. The average Bonchev–Trinajstić information content (AvgIpc) is 3.10. The van der Waals surface area contributed by atoms with Crippen LogP contribution in [0.2, 0.25) is 0 Å². The quantitative estimate of drug-likeness (QED) is 0.572. The van der Waals surface area contributed by atoms with Gasteiger partial charge in [0.15, 0.2) is 0 Å². The van der Waals surface area contributed by atoms with Gasteiger partial charge in [0.25, 0.3) is 0 Å². The Bertz CT molecular complexity index is 701. The van der Waals surface area contributed by atoms with Crippen molar-refractivity contribution in [2.45, 2.75) is 50.1 Å². The van der Waals surface area contributed by atoms with Gasteiger partial charge in [-0.3, -0.25) is 4.79 Å². The van der Waals surface area contributed by atoms with Gasteiger partial charge in [0, 0.05) is 6.20 Å². The topological polar surface area (TPSA) is 81.4 Å².